The molecule has 0 atom stereocenters. The van der Waals surface area contributed by atoms with Crippen molar-refractivity contribution in [3.05, 3.63) is 127 Å². The van der Waals surface area contributed by atoms with Crippen molar-refractivity contribution >= 4 is 193 Å². The fourth-order valence-corrected chi connectivity index (χ4v) is 16.3. The van der Waals surface area contributed by atoms with Gasteiger partial charge in [0.05, 0.1) is 31.7 Å². The van der Waals surface area contributed by atoms with Gasteiger partial charge in [0, 0.05) is 89.1 Å². The number of amides is 3. The summed E-state index contributed by atoms with van der Waals surface area (Å²) in [6, 6.07) is 9.61. The van der Waals surface area contributed by atoms with Crippen molar-refractivity contribution < 1.29 is 131 Å². The van der Waals surface area contributed by atoms with Crippen molar-refractivity contribution in [2.24, 2.45) is 21.1 Å². The maximum absolute atomic E-state index is 14.0. The molecule has 0 saturated heterocycles. The number of nitrogens with one attached hydrogen (secondary N) is 6. The molecule has 0 radical (unpaired) electrons. The predicted molar refractivity (Wildman–Crippen MR) is 350 cm³/mol. The van der Waals surface area contributed by atoms with Gasteiger partial charge < -0.3 is 45.6 Å². The molecule has 6 aromatic carbocycles. The standard InChI is InChI=1S/C51H42N12O30S9/c1-61-19-25(7-37(61)46(64)52-22-4-31-34(40(10-22)97(76,77)78)13-28(94(67,68)69)16-43(31)100(85,86)87)55-49-58-50(56-26-8-38(62(2)20-26)47(65)53-23-5-32-35(41(11-23)98(79,80)81)14-29(95(70,71)72)17-44(32)101(88,89)90)60-51(59-49)57-27-9-39(63(3)21-27)48(66)54-24-6-33-36(42(12-24)99(82,83)84)15-30(96(73,74)75)18-45(33)102(91,92)93/h4-21H,1-3H3,(H,52,64)(H,53,65)(H,54,66)(H,67,68,69)(H,70,71,72)(H,73,74,75)(H,76,77,78)(H,79,80,81)(H,82,83,84)(H,85,86,87)(H,88,89,90)(H,91,92,93)(H3,55,56,57,58,59,60). The molecule has 4 aromatic heterocycles. The molecule has 3 amide bonds. The number of nitrogens with zero attached hydrogens (tertiary/aromatic N) is 6. The van der Waals surface area contributed by atoms with Crippen molar-refractivity contribution in [2.45, 2.75) is 44.1 Å². The lowest BCUT2D eigenvalue weighted by atomic mass is 10.1. The van der Waals surface area contributed by atoms with E-state index in [0.29, 0.717) is 36.4 Å². The Bertz CT molecular complexity index is 5890. The normalized spacial score (nSPS) is 12.9. The van der Waals surface area contributed by atoms with Crippen LogP contribution in [0.15, 0.2) is 154 Å². The fourth-order valence-electron chi connectivity index (χ4n) is 10.1. The average molecular weight is 1590 g/mol. The first kappa shape index (κ1) is 74.6. The van der Waals surface area contributed by atoms with Gasteiger partial charge in [0.1, 0.15) is 46.5 Å². The van der Waals surface area contributed by atoms with Crippen LogP contribution in [0.3, 0.4) is 0 Å². The molecule has 10 rings (SSSR count). The SMILES string of the molecule is Cn1cc(Nc2nc(Nc3cc(C(=O)Nc4cc(S(=O)(=O)O)c5cc(S(=O)(=O)O)cc(S(=O)(=O)O)c5c4)n(C)c3)nc(Nc3cc(C(=O)Nc4cc(S(=O)(=O)O)c5cc(S(=O)(=O)O)cc(S(=O)(=O)O)c5c4)n(C)c3)n2)cc1C(=O)Nc1cc(S(=O)(=O)O)c2cc(S(=O)(=O)O)cc(S(=O)(=O)O)c2c1. The molecule has 51 heteroatoms. The quantitative estimate of drug-likeness (QED) is 0.0457. The summed E-state index contributed by atoms with van der Waals surface area (Å²) in [4.78, 5) is 43.7. The van der Waals surface area contributed by atoms with E-state index in [-0.39, 0.29) is 52.3 Å². The Hall–Kier alpha value is -10.1. The first-order chi connectivity index (χ1) is 46.6. The summed E-state index contributed by atoms with van der Waals surface area (Å²) >= 11 is 0. The zero-order valence-corrected chi connectivity index (χ0v) is 57.7. The van der Waals surface area contributed by atoms with Crippen LogP contribution in [0, 0.1) is 0 Å². The Morgan fingerprint density at radius 3 is 0.667 bits per heavy atom. The second kappa shape index (κ2) is 25.5. The molecule has 0 unspecified atom stereocenters. The van der Waals surface area contributed by atoms with E-state index in [2.05, 4.69) is 46.9 Å². The van der Waals surface area contributed by atoms with Crippen LogP contribution >= 0.6 is 0 Å². The molecule has 540 valence electrons. The van der Waals surface area contributed by atoms with Gasteiger partial charge in [-0.3, -0.25) is 55.4 Å². The minimum absolute atomic E-state index is 0.0616. The van der Waals surface area contributed by atoms with Crippen molar-refractivity contribution in [1.82, 2.24) is 28.7 Å². The number of rotatable bonds is 21. The van der Waals surface area contributed by atoms with E-state index in [1.54, 1.807) is 0 Å². The first-order valence-corrected chi connectivity index (χ1v) is 39.7. The molecule has 0 saturated carbocycles. The van der Waals surface area contributed by atoms with Crippen LogP contribution in [0.2, 0.25) is 0 Å². The van der Waals surface area contributed by atoms with Gasteiger partial charge in [-0.15, -0.1) is 0 Å². The van der Waals surface area contributed by atoms with Crippen LogP contribution in [0.1, 0.15) is 31.5 Å². The van der Waals surface area contributed by atoms with Crippen LogP contribution in [0.25, 0.3) is 32.3 Å². The van der Waals surface area contributed by atoms with Crippen LogP contribution in [-0.2, 0) is 112 Å². The highest BCUT2D eigenvalue weighted by Crippen LogP contribution is 2.39. The van der Waals surface area contributed by atoms with Gasteiger partial charge in [0.25, 0.3) is 109 Å². The molecular formula is C51H42N12O30S9. The molecule has 0 fully saturated rings. The minimum Gasteiger partial charge on any atom is -0.344 e. The van der Waals surface area contributed by atoms with Crippen molar-refractivity contribution in [1.29, 1.82) is 0 Å². The number of aromatic nitrogens is 6. The summed E-state index contributed by atoms with van der Waals surface area (Å²) in [7, 11) is -44.8. The van der Waals surface area contributed by atoms with E-state index in [9.17, 15) is 131 Å². The average Bonchev–Trinajstić information content (AvgIpc) is 0.963. The molecule has 15 N–H and O–H groups in total. The van der Waals surface area contributed by atoms with Crippen LogP contribution < -0.4 is 31.9 Å². The fraction of sp³-hybridized carbons (Fsp3) is 0.0588. The maximum Gasteiger partial charge on any atom is 0.295 e. The van der Waals surface area contributed by atoms with Crippen LogP contribution in [-0.4, -0.2) is 163 Å². The highest BCUT2D eigenvalue weighted by molar-refractivity contribution is 7.88. The van der Waals surface area contributed by atoms with E-state index < -0.39 is 220 Å². The number of anilines is 9. The van der Waals surface area contributed by atoms with Gasteiger partial charge in [-0.05, 0) is 91.0 Å². The summed E-state index contributed by atoms with van der Waals surface area (Å²) in [5.41, 5.74) is -2.90. The molecule has 0 aliphatic rings. The third-order valence-electron chi connectivity index (χ3n) is 14.4. The van der Waals surface area contributed by atoms with Gasteiger partial charge in [-0.2, -0.15) is 90.7 Å². The number of carbonyl (C=O) groups excluding carboxylic acids is 3. The first-order valence-electron chi connectivity index (χ1n) is 26.7. The second-order valence-corrected chi connectivity index (χ2v) is 34.1. The molecule has 42 nitrogen and oxygen atoms in total. The van der Waals surface area contributed by atoms with E-state index in [1.807, 2.05) is 0 Å². The van der Waals surface area contributed by atoms with Gasteiger partial charge in [-0.1, -0.05) is 0 Å². The largest absolute Gasteiger partial charge is 0.344 e. The minimum atomic E-state index is -5.47. The Kier molecular flexibility index (Phi) is 18.6. The molecule has 10 aromatic rings. The van der Waals surface area contributed by atoms with E-state index in [1.165, 1.54) is 39.7 Å². The third kappa shape index (κ3) is 15.8. The van der Waals surface area contributed by atoms with Crippen LogP contribution in [0.4, 0.5) is 52.0 Å². The Balaban J connectivity index is 1.00. The lowest BCUT2D eigenvalue weighted by Gasteiger charge is -2.13. The predicted octanol–water partition coefficient (Wildman–Crippen LogP) is 3.55. The van der Waals surface area contributed by atoms with Gasteiger partial charge in [0.15, 0.2) is 0 Å². The van der Waals surface area contributed by atoms with E-state index >= 15 is 0 Å². The van der Waals surface area contributed by atoms with E-state index in [0.717, 1.165) is 50.1 Å². The molecule has 4 heterocycles. The number of hydrogen-bond donors (Lipinski definition) is 15. The topological polar surface area (TPSA) is 666 Å². The monoisotopic (exact) mass is 1590 g/mol. The summed E-state index contributed by atoms with van der Waals surface area (Å²) in [5.74, 6) is -4.67. The van der Waals surface area contributed by atoms with Crippen molar-refractivity contribution in [3.63, 3.8) is 0 Å². The Morgan fingerprint density at radius 2 is 0.471 bits per heavy atom. The maximum atomic E-state index is 14.0. The lowest BCUT2D eigenvalue weighted by Crippen LogP contribution is -2.16. The molecule has 0 aliphatic carbocycles. The number of benzene rings is 6. The van der Waals surface area contributed by atoms with Gasteiger partial charge in [-0.25, -0.2) is 0 Å². The lowest BCUT2D eigenvalue weighted by molar-refractivity contribution is 0.101. The number of fused-ring (bicyclic) bond motifs is 3. The molecule has 102 heavy (non-hydrogen) atoms. The molecule has 0 bridgehead atoms. The second-order valence-electron chi connectivity index (χ2n) is 21.5. The number of carbonyl (C=O) groups is 3. The Labute approximate surface area is 572 Å². The summed E-state index contributed by atoms with van der Waals surface area (Å²) in [6.45, 7) is 0. The zero-order valence-electron chi connectivity index (χ0n) is 50.3. The van der Waals surface area contributed by atoms with Crippen LogP contribution in [0.5, 0.6) is 0 Å². The summed E-state index contributed by atoms with van der Waals surface area (Å²) in [5, 5.41) is 10.3. The smallest absolute Gasteiger partial charge is 0.295 e. The molecular weight excluding hydrogens is 1550 g/mol. The van der Waals surface area contributed by atoms with Crippen molar-refractivity contribution in [2.75, 3.05) is 31.9 Å². The zero-order chi connectivity index (χ0) is 75.6. The Morgan fingerprint density at radius 1 is 0.275 bits per heavy atom. The van der Waals surface area contributed by atoms with E-state index in [4.69, 9.17) is 0 Å². The van der Waals surface area contributed by atoms with Crippen molar-refractivity contribution in [3.8, 4) is 0 Å². The highest BCUT2D eigenvalue weighted by atomic mass is 32.3. The molecule has 0 spiro atoms. The summed E-state index contributed by atoms with van der Waals surface area (Å²) < 4.78 is 316. The van der Waals surface area contributed by atoms with Gasteiger partial charge in [0.2, 0.25) is 17.8 Å². The summed E-state index contributed by atoms with van der Waals surface area (Å²) in [6.07, 6.45) is 3.72. The molecule has 0 aliphatic heterocycles. The highest BCUT2D eigenvalue weighted by Gasteiger charge is 2.31. The van der Waals surface area contributed by atoms with Gasteiger partial charge >= 0.3 is 0 Å². The number of aryl methyl sites for hydroxylation is 3. The third-order valence-corrected chi connectivity index (χ3v) is 22.2. The number of hydrogen-bond acceptors (Lipinski definition) is 27.